The number of fused-ring (bicyclic) bond motifs is 4. The van der Waals surface area contributed by atoms with Crippen LogP contribution < -0.4 is 14.1 Å². The first-order chi connectivity index (χ1) is 11.3. The molecule has 26 heavy (non-hydrogen) atoms. The average Bonchev–Trinajstić information content (AvgIpc) is 3.11. The summed E-state index contributed by atoms with van der Waals surface area (Å²) in [6, 6.07) is 26.6. The normalized spacial score (nSPS) is 16.2. The van der Waals surface area contributed by atoms with Crippen LogP contribution in [-0.4, -0.2) is 0 Å². The molecule has 3 aromatic rings. The number of hydrogen-bond donors (Lipinski definition) is 0. The summed E-state index contributed by atoms with van der Waals surface area (Å²) in [5.74, 6) is 0.393. The van der Waals surface area contributed by atoms with E-state index in [1.54, 1.807) is 0 Å². The summed E-state index contributed by atoms with van der Waals surface area (Å²) in [4.78, 5) is 0. The minimum atomic E-state index is 0. The molecule has 0 nitrogen and oxygen atoms in total. The van der Waals surface area contributed by atoms with Gasteiger partial charge in [-0.1, -0.05) is 0 Å². The molecule has 2 aliphatic carbocycles. The van der Waals surface area contributed by atoms with Crippen LogP contribution in [0.15, 0.2) is 78.4 Å². The zero-order valence-corrected chi connectivity index (χ0v) is 15.4. The van der Waals surface area contributed by atoms with Crippen molar-refractivity contribution in [2.45, 2.75) is 10.1 Å². The molecule has 0 radical (unpaired) electrons. The Morgan fingerprint density at radius 2 is 1.04 bits per heavy atom. The van der Waals surface area contributed by atoms with Gasteiger partial charge in [-0.3, -0.25) is 0 Å². The molecule has 0 spiro atoms. The standard InChI is InChI=1S/C22H15.3FH.Ti/c1-2-8-16-14-17(13-15(16)7-1)22-20-11-5-3-9-18(20)19-10-4-6-12-21(19)22;;;;/h1-14,22H;3*1H;/q;;;;+3/p-3. The molecule has 4 heteroatoms. The molecule has 3 aromatic carbocycles. The quantitative estimate of drug-likeness (QED) is 0.382. The monoisotopic (exact) mass is 384 g/mol. The van der Waals surface area contributed by atoms with E-state index in [4.69, 9.17) is 0 Å². The first-order valence-electron chi connectivity index (χ1n) is 8.04. The first kappa shape index (κ1) is 20.2. The number of allylic oxidation sites excluding steroid dienone is 1. The van der Waals surface area contributed by atoms with Gasteiger partial charge in [0.1, 0.15) is 0 Å². The molecule has 0 saturated heterocycles. The second-order valence-electron chi connectivity index (χ2n) is 6.31. The van der Waals surface area contributed by atoms with E-state index in [0.717, 1.165) is 0 Å². The summed E-state index contributed by atoms with van der Waals surface area (Å²) >= 11 is 2.35. The molecule has 0 fully saturated rings. The molecule has 1 atom stereocenters. The second kappa shape index (κ2) is 7.65. The molecule has 1 unspecified atom stereocenters. The third kappa shape index (κ3) is 2.76. The van der Waals surface area contributed by atoms with Crippen molar-refractivity contribution >= 4 is 6.08 Å². The maximum absolute atomic E-state index is 2.42. The van der Waals surface area contributed by atoms with Crippen molar-refractivity contribution in [1.29, 1.82) is 0 Å². The molecular formula is C22H15F3Ti. The fourth-order valence-corrected chi connectivity index (χ4v) is 4.91. The van der Waals surface area contributed by atoms with E-state index in [2.05, 4.69) is 99.3 Å². The molecular weight excluding hydrogens is 369 g/mol. The van der Waals surface area contributed by atoms with E-state index in [1.165, 1.54) is 39.0 Å². The fourth-order valence-electron chi connectivity index (χ4n) is 4.11. The summed E-state index contributed by atoms with van der Waals surface area (Å²) in [6.07, 6.45) is 2.42. The molecule has 128 valence electrons. The van der Waals surface area contributed by atoms with Crippen LogP contribution in [0.25, 0.3) is 17.2 Å². The zero-order chi connectivity index (χ0) is 15.4. The fraction of sp³-hybridized carbons (Fsp3) is 0.0909. The Morgan fingerprint density at radius 1 is 0.577 bits per heavy atom. The van der Waals surface area contributed by atoms with E-state index in [1.807, 2.05) is 0 Å². The number of benzene rings is 3. The van der Waals surface area contributed by atoms with Gasteiger partial charge in [0.05, 0.1) is 0 Å². The van der Waals surface area contributed by atoms with Crippen molar-refractivity contribution in [3.8, 4) is 11.1 Å². The Morgan fingerprint density at radius 3 is 1.58 bits per heavy atom. The summed E-state index contributed by atoms with van der Waals surface area (Å²) in [5, 5.41) is 0. The van der Waals surface area contributed by atoms with Crippen LogP contribution in [0.1, 0.15) is 32.4 Å². The summed E-state index contributed by atoms with van der Waals surface area (Å²) < 4.78 is 0.482. The summed E-state index contributed by atoms with van der Waals surface area (Å²) in [6.45, 7) is 0. The van der Waals surface area contributed by atoms with Crippen LogP contribution in [0.3, 0.4) is 0 Å². The molecule has 0 aromatic heterocycles. The molecule has 0 amide bonds. The van der Waals surface area contributed by atoms with Crippen molar-refractivity contribution < 1.29 is 34.5 Å². The van der Waals surface area contributed by atoms with Crippen molar-refractivity contribution in [1.82, 2.24) is 0 Å². The van der Waals surface area contributed by atoms with Crippen LogP contribution in [0.2, 0.25) is 0 Å². The van der Waals surface area contributed by atoms with Gasteiger partial charge in [0, 0.05) is 0 Å². The van der Waals surface area contributed by atoms with Crippen LogP contribution in [0, 0.1) is 0 Å². The number of halogens is 3. The average molecular weight is 384 g/mol. The van der Waals surface area contributed by atoms with Gasteiger partial charge in [-0.05, 0) is 0 Å². The third-order valence-electron chi connectivity index (χ3n) is 5.13. The van der Waals surface area contributed by atoms with E-state index >= 15 is 0 Å². The number of rotatable bonds is 1. The summed E-state index contributed by atoms with van der Waals surface area (Å²) in [5.41, 5.74) is 10.1. The van der Waals surface area contributed by atoms with Gasteiger partial charge >= 0.3 is 148 Å². The van der Waals surface area contributed by atoms with E-state index in [-0.39, 0.29) is 14.1 Å². The van der Waals surface area contributed by atoms with Crippen LogP contribution in [-0.2, 0) is 20.4 Å². The van der Waals surface area contributed by atoms with Gasteiger partial charge in [0.2, 0.25) is 0 Å². The van der Waals surface area contributed by atoms with Crippen molar-refractivity contribution in [2.75, 3.05) is 0 Å². The topological polar surface area (TPSA) is 0 Å². The maximum atomic E-state index is 2.42. The molecule has 2 aliphatic rings. The van der Waals surface area contributed by atoms with Gasteiger partial charge in [0.25, 0.3) is 0 Å². The van der Waals surface area contributed by atoms with Crippen molar-refractivity contribution in [3.05, 3.63) is 101 Å². The second-order valence-corrected chi connectivity index (χ2v) is 7.22. The van der Waals surface area contributed by atoms with E-state index < -0.39 is 0 Å². The Bertz CT molecular complexity index is 919. The molecule has 0 bridgehead atoms. The molecule has 0 aliphatic heterocycles. The Labute approximate surface area is 162 Å². The molecule has 0 saturated carbocycles. The van der Waals surface area contributed by atoms with Crippen molar-refractivity contribution in [3.63, 3.8) is 0 Å². The predicted molar refractivity (Wildman–Crippen MR) is 90.9 cm³/mol. The predicted octanol–water partition coefficient (Wildman–Crippen LogP) is -3.50. The van der Waals surface area contributed by atoms with Gasteiger partial charge in [-0.15, -0.1) is 0 Å². The van der Waals surface area contributed by atoms with Gasteiger partial charge in [-0.2, -0.15) is 0 Å². The van der Waals surface area contributed by atoms with Gasteiger partial charge in [-0.25, -0.2) is 0 Å². The van der Waals surface area contributed by atoms with Crippen LogP contribution in [0.5, 0.6) is 0 Å². The Balaban J connectivity index is 0.000000810. The van der Waals surface area contributed by atoms with Crippen LogP contribution >= 0.6 is 0 Å². The Hall–Kier alpha value is -2.10. The van der Waals surface area contributed by atoms with Gasteiger partial charge in [0.15, 0.2) is 0 Å². The van der Waals surface area contributed by atoms with Crippen molar-refractivity contribution in [2.24, 2.45) is 0 Å². The minimum absolute atomic E-state index is 0. The number of hydrogen-bond acceptors (Lipinski definition) is 0. The first-order valence-corrected chi connectivity index (χ1v) is 8.94. The third-order valence-corrected chi connectivity index (χ3v) is 6.14. The van der Waals surface area contributed by atoms with E-state index in [9.17, 15) is 0 Å². The molecule has 0 heterocycles. The molecule has 5 rings (SSSR count). The Kier molecular flexibility index (Phi) is 5.95. The SMILES string of the molecule is [F-].[F-].[F-].[Ti+3][CH]1C(C2c3ccccc3-c3ccccc32)=Cc2ccccc21. The van der Waals surface area contributed by atoms with Crippen LogP contribution in [0.4, 0.5) is 0 Å². The molecule has 0 N–H and O–H groups in total. The summed E-state index contributed by atoms with van der Waals surface area (Å²) in [7, 11) is 0. The zero-order valence-electron chi connectivity index (χ0n) is 13.8. The van der Waals surface area contributed by atoms with E-state index in [0.29, 0.717) is 10.1 Å². The van der Waals surface area contributed by atoms with Gasteiger partial charge < -0.3 is 14.1 Å².